The van der Waals surface area contributed by atoms with Gasteiger partial charge in [0, 0.05) is 6.42 Å². The van der Waals surface area contributed by atoms with Gasteiger partial charge >= 0.3 is 0 Å². The lowest BCUT2D eigenvalue weighted by molar-refractivity contribution is -0.120. The van der Waals surface area contributed by atoms with E-state index >= 15 is 0 Å². The van der Waals surface area contributed by atoms with E-state index in [1.165, 1.54) is 0 Å². The first-order valence-electron chi connectivity index (χ1n) is 4.45. The van der Waals surface area contributed by atoms with E-state index in [0.29, 0.717) is 18.8 Å². The summed E-state index contributed by atoms with van der Waals surface area (Å²) in [6, 6.07) is -0.238. The van der Waals surface area contributed by atoms with Crippen LogP contribution < -0.4 is 16.8 Å². The Morgan fingerprint density at radius 2 is 2.23 bits per heavy atom. The van der Waals surface area contributed by atoms with Crippen LogP contribution in [0.2, 0.25) is 0 Å². The van der Waals surface area contributed by atoms with Crippen LogP contribution in [-0.4, -0.2) is 24.3 Å². The van der Waals surface area contributed by atoms with Gasteiger partial charge in [-0.1, -0.05) is 0 Å². The minimum atomic E-state index is -0.312. The van der Waals surface area contributed by atoms with Crippen LogP contribution in [0, 0.1) is 11.3 Å². The molecule has 0 saturated carbocycles. The standard InChI is InChI=1S/C8H16N4O/c9-7(10)4-5-1-2-12-6(3-5)8(11)13/h5-6,12H,1-4H2,(H3,9,10)(H2,11,13). The normalized spacial score (nSPS) is 28.3. The number of carbonyl (C=O) groups is 1. The molecule has 1 amide bonds. The highest BCUT2D eigenvalue weighted by Gasteiger charge is 2.25. The van der Waals surface area contributed by atoms with E-state index in [-0.39, 0.29) is 17.8 Å². The maximum absolute atomic E-state index is 10.9. The quantitative estimate of drug-likeness (QED) is 0.339. The zero-order chi connectivity index (χ0) is 9.84. The van der Waals surface area contributed by atoms with Gasteiger partial charge in [-0.3, -0.25) is 10.2 Å². The van der Waals surface area contributed by atoms with Crippen molar-refractivity contribution in [3.63, 3.8) is 0 Å². The molecule has 5 heteroatoms. The molecule has 0 aromatic heterocycles. The fourth-order valence-corrected chi connectivity index (χ4v) is 1.71. The fourth-order valence-electron chi connectivity index (χ4n) is 1.71. The predicted octanol–water partition coefficient (Wildman–Crippen LogP) is -0.834. The van der Waals surface area contributed by atoms with Crippen LogP contribution in [0.5, 0.6) is 0 Å². The molecule has 1 fully saturated rings. The first-order valence-corrected chi connectivity index (χ1v) is 4.45. The second kappa shape index (κ2) is 4.23. The zero-order valence-electron chi connectivity index (χ0n) is 7.55. The number of piperidine rings is 1. The monoisotopic (exact) mass is 184 g/mol. The summed E-state index contributed by atoms with van der Waals surface area (Å²) in [5.41, 5.74) is 10.5. The van der Waals surface area contributed by atoms with Crippen molar-refractivity contribution in [1.82, 2.24) is 5.32 Å². The molecule has 1 aliphatic heterocycles. The van der Waals surface area contributed by atoms with Gasteiger partial charge in [0.1, 0.15) is 0 Å². The summed E-state index contributed by atoms with van der Waals surface area (Å²) in [7, 11) is 0. The predicted molar refractivity (Wildman–Crippen MR) is 50.2 cm³/mol. The Morgan fingerprint density at radius 3 is 2.77 bits per heavy atom. The lowest BCUT2D eigenvalue weighted by Crippen LogP contribution is -2.47. The third kappa shape index (κ3) is 3.02. The van der Waals surface area contributed by atoms with Gasteiger partial charge < -0.3 is 16.8 Å². The van der Waals surface area contributed by atoms with E-state index in [9.17, 15) is 4.79 Å². The second-order valence-electron chi connectivity index (χ2n) is 3.53. The molecule has 2 atom stereocenters. The Bertz CT molecular complexity index is 216. The van der Waals surface area contributed by atoms with E-state index in [0.717, 1.165) is 13.0 Å². The maximum atomic E-state index is 10.9. The maximum Gasteiger partial charge on any atom is 0.234 e. The van der Waals surface area contributed by atoms with E-state index < -0.39 is 0 Å². The number of rotatable bonds is 3. The topological polar surface area (TPSA) is 105 Å². The van der Waals surface area contributed by atoms with Crippen molar-refractivity contribution in [2.24, 2.45) is 17.4 Å². The summed E-state index contributed by atoms with van der Waals surface area (Å²) in [6.45, 7) is 0.783. The van der Waals surface area contributed by atoms with Crippen LogP contribution >= 0.6 is 0 Å². The molecular weight excluding hydrogens is 168 g/mol. The molecule has 0 aliphatic carbocycles. The van der Waals surface area contributed by atoms with E-state index in [1.807, 2.05) is 0 Å². The minimum absolute atomic E-state index is 0.190. The average Bonchev–Trinajstić information content (AvgIpc) is 2.03. The second-order valence-corrected chi connectivity index (χ2v) is 3.53. The third-order valence-electron chi connectivity index (χ3n) is 2.36. The van der Waals surface area contributed by atoms with Gasteiger partial charge in [-0.05, 0) is 25.3 Å². The summed E-state index contributed by atoms with van der Waals surface area (Å²) >= 11 is 0. The number of amidine groups is 1. The van der Waals surface area contributed by atoms with Crippen LogP contribution in [0.4, 0.5) is 0 Å². The molecule has 1 heterocycles. The van der Waals surface area contributed by atoms with Crippen LogP contribution in [0.3, 0.4) is 0 Å². The molecule has 0 radical (unpaired) electrons. The van der Waals surface area contributed by atoms with Gasteiger partial charge in [0.2, 0.25) is 5.91 Å². The molecule has 1 saturated heterocycles. The van der Waals surface area contributed by atoms with Crippen LogP contribution in [0.15, 0.2) is 0 Å². The molecule has 74 valence electrons. The Labute approximate surface area is 77.4 Å². The number of nitrogens with one attached hydrogen (secondary N) is 2. The lowest BCUT2D eigenvalue weighted by atomic mass is 9.89. The molecule has 1 rings (SSSR count). The van der Waals surface area contributed by atoms with Crippen LogP contribution in [0.25, 0.3) is 0 Å². The Balaban J connectivity index is 2.41. The van der Waals surface area contributed by atoms with Gasteiger partial charge in [-0.2, -0.15) is 0 Å². The molecule has 0 aromatic rings. The van der Waals surface area contributed by atoms with Crippen molar-refractivity contribution in [3.8, 4) is 0 Å². The summed E-state index contributed by atoms with van der Waals surface area (Å²) in [6.07, 6.45) is 2.24. The van der Waals surface area contributed by atoms with Gasteiger partial charge in [0.15, 0.2) is 0 Å². The van der Waals surface area contributed by atoms with Crippen molar-refractivity contribution in [3.05, 3.63) is 0 Å². The van der Waals surface area contributed by atoms with Gasteiger partial charge in [-0.25, -0.2) is 0 Å². The number of hydrogen-bond donors (Lipinski definition) is 4. The summed E-state index contributed by atoms with van der Waals surface area (Å²) in [5, 5.41) is 10.2. The largest absolute Gasteiger partial charge is 0.388 e. The number of carbonyl (C=O) groups excluding carboxylic acids is 1. The van der Waals surface area contributed by atoms with Crippen molar-refractivity contribution < 1.29 is 4.79 Å². The Hall–Kier alpha value is -1.10. The Morgan fingerprint density at radius 1 is 1.54 bits per heavy atom. The SMILES string of the molecule is N=C(N)CC1CCNC(C(N)=O)C1. The first-order chi connectivity index (χ1) is 6.09. The number of nitrogens with two attached hydrogens (primary N) is 2. The number of primary amides is 1. The van der Waals surface area contributed by atoms with Crippen molar-refractivity contribution in [1.29, 1.82) is 5.41 Å². The van der Waals surface area contributed by atoms with Crippen molar-refractivity contribution >= 4 is 11.7 Å². The van der Waals surface area contributed by atoms with E-state index in [4.69, 9.17) is 16.9 Å². The molecular formula is C8H16N4O. The number of hydrogen-bond acceptors (Lipinski definition) is 3. The first kappa shape index (κ1) is 9.98. The molecule has 13 heavy (non-hydrogen) atoms. The average molecular weight is 184 g/mol. The minimum Gasteiger partial charge on any atom is -0.388 e. The van der Waals surface area contributed by atoms with Crippen molar-refractivity contribution in [2.45, 2.75) is 25.3 Å². The molecule has 1 aliphatic rings. The molecule has 0 spiro atoms. The van der Waals surface area contributed by atoms with Crippen molar-refractivity contribution in [2.75, 3.05) is 6.54 Å². The summed E-state index contributed by atoms with van der Waals surface area (Å²) in [4.78, 5) is 10.9. The van der Waals surface area contributed by atoms with Gasteiger partial charge in [-0.15, -0.1) is 0 Å². The molecule has 2 unspecified atom stereocenters. The molecule has 5 nitrogen and oxygen atoms in total. The molecule has 6 N–H and O–H groups in total. The van der Waals surface area contributed by atoms with Crippen LogP contribution in [0.1, 0.15) is 19.3 Å². The number of amides is 1. The van der Waals surface area contributed by atoms with E-state index in [2.05, 4.69) is 5.32 Å². The highest BCUT2D eigenvalue weighted by atomic mass is 16.1. The highest BCUT2D eigenvalue weighted by molar-refractivity contribution is 5.80. The summed E-state index contributed by atoms with van der Waals surface area (Å²) in [5.74, 6) is 0.208. The fraction of sp³-hybridized carbons (Fsp3) is 0.750. The summed E-state index contributed by atoms with van der Waals surface area (Å²) < 4.78 is 0. The molecule has 0 aromatic carbocycles. The molecule has 0 bridgehead atoms. The van der Waals surface area contributed by atoms with Crippen LogP contribution in [-0.2, 0) is 4.79 Å². The highest BCUT2D eigenvalue weighted by Crippen LogP contribution is 2.19. The third-order valence-corrected chi connectivity index (χ3v) is 2.36. The van der Waals surface area contributed by atoms with Gasteiger partial charge in [0.05, 0.1) is 11.9 Å². The van der Waals surface area contributed by atoms with Gasteiger partial charge in [0.25, 0.3) is 0 Å². The smallest absolute Gasteiger partial charge is 0.234 e. The van der Waals surface area contributed by atoms with E-state index in [1.54, 1.807) is 0 Å². The Kier molecular flexibility index (Phi) is 3.25. The zero-order valence-corrected chi connectivity index (χ0v) is 7.55. The lowest BCUT2D eigenvalue weighted by Gasteiger charge is -2.27.